The molecule has 0 aromatic heterocycles. The lowest BCUT2D eigenvalue weighted by atomic mass is 9.93. The predicted octanol–water partition coefficient (Wildman–Crippen LogP) is 3.45. The van der Waals surface area contributed by atoms with Crippen LogP contribution in [0.4, 0.5) is 23.2 Å². The van der Waals surface area contributed by atoms with E-state index in [0.29, 0.717) is 30.8 Å². The highest BCUT2D eigenvalue weighted by molar-refractivity contribution is 5.50. The van der Waals surface area contributed by atoms with Crippen molar-refractivity contribution in [3.05, 3.63) is 29.6 Å². The van der Waals surface area contributed by atoms with E-state index in [9.17, 15) is 22.7 Å². The molecule has 0 radical (unpaired) electrons. The lowest BCUT2D eigenvalue weighted by Crippen LogP contribution is -2.47. The third kappa shape index (κ3) is 6.55. The molecule has 0 aliphatic carbocycles. The second kappa shape index (κ2) is 9.62. The van der Waals surface area contributed by atoms with Gasteiger partial charge in [0.2, 0.25) is 0 Å². The molecule has 2 heterocycles. The maximum Gasteiger partial charge on any atom is 0.416 e. The van der Waals surface area contributed by atoms with Gasteiger partial charge in [-0.25, -0.2) is 4.39 Å². The van der Waals surface area contributed by atoms with Gasteiger partial charge in [-0.1, -0.05) is 0 Å². The Labute approximate surface area is 170 Å². The highest BCUT2D eigenvalue weighted by Crippen LogP contribution is 2.33. The number of aliphatic hydroxyl groups excluding tert-OH is 1. The Morgan fingerprint density at radius 1 is 1.00 bits per heavy atom. The van der Waals surface area contributed by atoms with Gasteiger partial charge in [0.15, 0.2) is 0 Å². The molecule has 164 valence electrons. The molecule has 1 aromatic rings. The average molecular weight is 417 g/mol. The smallest absolute Gasteiger partial charge is 0.392 e. The fourth-order valence-electron chi connectivity index (χ4n) is 4.35. The zero-order valence-electron chi connectivity index (χ0n) is 17.0. The van der Waals surface area contributed by atoms with Gasteiger partial charge in [0.1, 0.15) is 5.82 Å². The van der Waals surface area contributed by atoms with Crippen molar-refractivity contribution in [3.8, 4) is 0 Å². The first-order chi connectivity index (χ1) is 13.7. The normalized spacial score (nSPS) is 21.5. The molecular formula is C21H31F4N3O. The minimum absolute atomic E-state index is 0.284. The molecule has 1 atom stereocenters. The fraction of sp³-hybridized carbons (Fsp3) is 0.714. The van der Waals surface area contributed by atoms with Crippen molar-refractivity contribution < 1.29 is 22.7 Å². The quantitative estimate of drug-likeness (QED) is 0.719. The SMILES string of the molecule is CC(O)CN1CCC(CCN2CCN(c3cc(F)cc(C(F)(F)F)c3)CC2)CC1. The molecule has 2 aliphatic rings. The van der Waals surface area contributed by atoms with E-state index in [1.165, 1.54) is 6.07 Å². The predicted molar refractivity (Wildman–Crippen MR) is 106 cm³/mol. The molecule has 0 spiro atoms. The van der Waals surface area contributed by atoms with Crippen LogP contribution in [0.1, 0.15) is 31.7 Å². The highest BCUT2D eigenvalue weighted by atomic mass is 19.4. The number of benzene rings is 1. The molecule has 1 N–H and O–H groups in total. The number of alkyl halides is 3. The summed E-state index contributed by atoms with van der Waals surface area (Å²) in [6.07, 6.45) is -1.40. The molecule has 4 nitrogen and oxygen atoms in total. The van der Waals surface area contributed by atoms with Gasteiger partial charge in [-0.2, -0.15) is 13.2 Å². The standard InChI is InChI=1S/C21H31F4N3O/c1-16(29)15-27-6-3-17(4-7-27)2-5-26-8-10-28(11-9-26)20-13-18(21(23,24)25)12-19(22)14-20/h12-14,16-17,29H,2-11,15H2,1H3. The van der Waals surface area contributed by atoms with Crippen molar-refractivity contribution in [2.24, 2.45) is 5.92 Å². The summed E-state index contributed by atoms with van der Waals surface area (Å²) >= 11 is 0. The molecule has 8 heteroatoms. The second-order valence-corrected chi connectivity index (χ2v) is 8.41. The van der Waals surface area contributed by atoms with Crippen molar-refractivity contribution in [3.63, 3.8) is 0 Å². The summed E-state index contributed by atoms with van der Waals surface area (Å²) in [6.45, 7) is 8.38. The van der Waals surface area contributed by atoms with Crippen molar-refractivity contribution in [2.75, 3.05) is 57.3 Å². The maximum atomic E-state index is 13.7. The summed E-state index contributed by atoms with van der Waals surface area (Å²) < 4.78 is 52.5. The van der Waals surface area contributed by atoms with E-state index in [1.54, 1.807) is 0 Å². The van der Waals surface area contributed by atoms with E-state index in [0.717, 1.165) is 64.6 Å². The Morgan fingerprint density at radius 2 is 1.66 bits per heavy atom. The zero-order chi connectivity index (χ0) is 21.0. The zero-order valence-corrected chi connectivity index (χ0v) is 17.0. The summed E-state index contributed by atoms with van der Waals surface area (Å²) in [4.78, 5) is 6.50. The summed E-state index contributed by atoms with van der Waals surface area (Å²) in [6, 6.07) is 2.78. The van der Waals surface area contributed by atoms with Crippen LogP contribution in [-0.4, -0.2) is 73.4 Å². The summed E-state index contributed by atoms with van der Waals surface area (Å²) in [5, 5.41) is 9.49. The molecule has 2 fully saturated rings. The van der Waals surface area contributed by atoms with Gasteiger partial charge in [-0.05, 0) is 69.9 Å². The Balaban J connectivity index is 1.43. The lowest BCUT2D eigenvalue weighted by Gasteiger charge is -2.38. The van der Waals surface area contributed by atoms with Crippen LogP contribution in [0.5, 0.6) is 0 Å². The first-order valence-corrected chi connectivity index (χ1v) is 10.5. The van der Waals surface area contributed by atoms with Crippen LogP contribution in [0.2, 0.25) is 0 Å². The van der Waals surface area contributed by atoms with Crippen LogP contribution in [0, 0.1) is 11.7 Å². The Bertz CT molecular complexity index is 652. The highest BCUT2D eigenvalue weighted by Gasteiger charge is 2.32. The Hall–Kier alpha value is -1.38. The number of halogens is 4. The van der Waals surface area contributed by atoms with Gasteiger partial charge in [-0.3, -0.25) is 4.90 Å². The average Bonchev–Trinajstić information content (AvgIpc) is 2.66. The number of likely N-dealkylation sites (tertiary alicyclic amines) is 1. The van der Waals surface area contributed by atoms with Crippen molar-refractivity contribution in [1.82, 2.24) is 9.80 Å². The van der Waals surface area contributed by atoms with E-state index in [2.05, 4.69) is 9.80 Å². The van der Waals surface area contributed by atoms with Gasteiger partial charge < -0.3 is 14.9 Å². The number of piperidine rings is 1. The Morgan fingerprint density at radius 3 is 2.24 bits per heavy atom. The molecule has 2 saturated heterocycles. The number of piperazine rings is 1. The number of nitrogens with zero attached hydrogens (tertiary/aromatic N) is 3. The molecule has 1 aromatic carbocycles. The minimum atomic E-state index is -4.54. The lowest BCUT2D eigenvalue weighted by molar-refractivity contribution is -0.137. The van der Waals surface area contributed by atoms with Crippen molar-refractivity contribution in [2.45, 2.75) is 38.5 Å². The molecule has 0 saturated carbocycles. The van der Waals surface area contributed by atoms with Crippen molar-refractivity contribution >= 4 is 5.69 Å². The third-order valence-corrected chi connectivity index (χ3v) is 6.03. The second-order valence-electron chi connectivity index (χ2n) is 8.41. The van der Waals surface area contributed by atoms with E-state index in [1.807, 2.05) is 11.8 Å². The van der Waals surface area contributed by atoms with Crippen LogP contribution < -0.4 is 4.90 Å². The van der Waals surface area contributed by atoms with E-state index in [-0.39, 0.29) is 6.10 Å². The first-order valence-electron chi connectivity index (χ1n) is 10.5. The number of β-amino-alcohol motifs (C(OH)–C–C–N with tert-alkyl or cyclic N) is 1. The largest absolute Gasteiger partial charge is 0.416 e. The van der Waals surface area contributed by atoms with Crippen LogP contribution >= 0.6 is 0 Å². The van der Waals surface area contributed by atoms with Crippen LogP contribution in [0.25, 0.3) is 0 Å². The van der Waals surface area contributed by atoms with Gasteiger partial charge in [-0.15, -0.1) is 0 Å². The number of hydrogen-bond acceptors (Lipinski definition) is 4. The fourth-order valence-corrected chi connectivity index (χ4v) is 4.35. The molecular weight excluding hydrogens is 386 g/mol. The molecule has 0 bridgehead atoms. The number of hydrogen-bond donors (Lipinski definition) is 1. The minimum Gasteiger partial charge on any atom is -0.392 e. The summed E-state index contributed by atoms with van der Waals surface area (Å²) in [7, 11) is 0. The molecule has 1 unspecified atom stereocenters. The van der Waals surface area contributed by atoms with E-state index in [4.69, 9.17) is 0 Å². The first kappa shape index (κ1) is 22.3. The van der Waals surface area contributed by atoms with Crippen LogP contribution in [0.3, 0.4) is 0 Å². The van der Waals surface area contributed by atoms with Gasteiger partial charge in [0.25, 0.3) is 0 Å². The molecule has 2 aliphatic heterocycles. The topological polar surface area (TPSA) is 30.0 Å². The number of aliphatic hydroxyl groups is 1. The molecule has 0 amide bonds. The van der Waals surface area contributed by atoms with Crippen LogP contribution in [0.15, 0.2) is 18.2 Å². The number of anilines is 1. The van der Waals surface area contributed by atoms with E-state index < -0.39 is 17.6 Å². The van der Waals surface area contributed by atoms with Gasteiger partial charge in [0, 0.05) is 38.4 Å². The Kier molecular flexibility index (Phi) is 7.40. The maximum absolute atomic E-state index is 13.7. The molecule has 3 rings (SSSR count). The number of rotatable bonds is 6. The third-order valence-electron chi connectivity index (χ3n) is 6.03. The monoisotopic (exact) mass is 417 g/mol. The summed E-state index contributed by atoms with van der Waals surface area (Å²) in [5.41, 5.74) is -0.626. The van der Waals surface area contributed by atoms with Gasteiger partial charge in [0.05, 0.1) is 11.7 Å². The van der Waals surface area contributed by atoms with Crippen LogP contribution in [-0.2, 0) is 6.18 Å². The van der Waals surface area contributed by atoms with E-state index >= 15 is 0 Å². The summed E-state index contributed by atoms with van der Waals surface area (Å²) in [5.74, 6) is -0.157. The van der Waals surface area contributed by atoms with Crippen molar-refractivity contribution in [1.29, 1.82) is 0 Å². The molecule has 29 heavy (non-hydrogen) atoms. The van der Waals surface area contributed by atoms with Gasteiger partial charge >= 0.3 is 6.18 Å².